The lowest BCUT2D eigenvalue weighted by Crippen LogP contribution is -2.37. The maximum atomic E-state index is 13.7. The molecule has 104 valence electrons. The summed E-state index contributed by atoms with van der Waals surface area (Å²) in [5, 5.41) is 0. The first-order chi connectivity index (χ1) is 9.11. The van der Waals surface area contributed by atoms with E-state index in [0.717, 1.165) is 19.4 Å². The third kappa shape index (κ3) is 3.54. The van der Waals surface area contributed by atoms with Crippen molar-refractivity contribution in [3.8, 4) is 0 Å². The summed E-state index contributed by atoms with van der Waals surface area (Å²) in [6.45, 7) is 3.72. The van der Waals surface area contributed by atoms with E-state index in [1.807, 2.05) is 6.92 Å². The van der Waals surface area contributed by atoms with Crippen molar-refractivity contribution in [1.29, 1.82) is 0 Å². The number of likely N-dealkylation sites (N-methyl/N-ethyl adjacent to an activating group) is 1. The van der Waals surface area contributed by atoms with Gasteiger partial charge in [0.1, 0.15) is 5.82 Å². The van der Waals surface area contributed by atoms with Gasteiger partial charge in [0, 0.05) is 24.2 Å². The van der Waals surface area contributed by atoms with Crippen LogP contribution in [0.4, 0.5) is 4.39 Å². The molecule has 0 spiro atoms. The van der Waals surface area contributed by atoms with Gasteiger partial charge in [-0.2, -0.15) is 0 Å². The van der Waals surface area contributed by atoms with E-state index in [2.05, 4.69) is 15.9 Å². The number of carbonyl (C=O) groups excluding carboxylic acids is 1. The summed E-state index contributed by atoms with van der Waals surface area (Å²) in [5.74, 6) is -0.768. The molecule has 1 aliphatic rings. The summed E-state index contributed by atoms with van der Waals surface area (Å²) in [6, 6.07) is 4.41. The molecule has 1 atom stereocenters. The van der Waals surface area contributed by atoms with Crippen LogP contribution < -0.4 is 0 Å². The van der Waals surface area contributed by atoms with E-state index >= 15 is 0 Å². The normalized spacial score (nSPS) is 18.6. The van der Waals surface area contributed by atoms with Gasteiger partial charge in [-0.05, 0) is 38.0 Å². The molecule has 1 unspecified atom stereocenters. The van der Waals surface area contributed by atoms with E-state index in [-0.39, 0.29) is 17.6 Å². The SMILES string of the molecule is CCN(CC1CCCO1)C(=O)c1cc(Br)ccc1F. The van der Waals surface area contributed by atoms with Crippen molar-refractivity contribution in [3.63, 3.8) is 0 Å². The van der Waals surface area contributed by atoms with Crippen LogP contribution in [0, 0.1) is 5.82 Å². The Balaban J connectivity index is 2.12. The molecular weight excluding hydrogens is 313 g/mol. The number of halogens is 2. The fraction of sp³-hybridized carbons (Fsp3) is 0.500. The fourth-order valence-electron chi connectivity index (χ4n) is 2.22. The van der Waals surface area contributed by atoms with Crippen LogP contribution in [0.3, 0.4) is 0 Å². The Morgan fingerprint density at radius 2 is 2.37 bits per heavy atom. The molecule has 5 heteroatoms. The van der Waals surface area contributed by atoms with Crippen molar-refractivity contribution in [2.45, 2.75) is 25.9 Å². The largest absolute Gasteiger partial charge is 0.376 e. The molecule has 0 bridgehead atoms. The number of hydrogen-bond donors (Lipinski definition) is 0. The van der Waals surface area contributed by atoms with E-state index in [0.29, 0.717) is 17.6 Å². The van der Waals surface area contributed by atoms with E-state index in [1.165, 1.54) is 12.1 Å². The molecule has 1 aromatic carbocycles. The predicted molar refractivity (Wildman–Crippen MR) is 74.7 cm³/mol. The van der Waals surface area contributed by atoms with E-state index < -0.39 is 5.82 Å². The Labute approximate surface area is 120 Å². The monoisotopic (exact) mass is 329 g/mol. The maximum absolute atomic E-state index is 13.7. The number of rotatable bonds is 4. The molecular formula is C14H17BrFNO2. The van der Waals surface area contributed by atoms with Crippen molar-refractivity contribution in [2.24, 2.45) is 0 Å². The minimum atomic E-state index is -0.487. The summed E-state index contributed by atoms with van der Waals surface area (Å²) in [7, 11) is 0. The third-order valence-corrected chi connectivity index (χ3v) is 3.77. The van der Waals surface area contributed by atoms with Crippen LogP contribution in [0.5, 0.6) is 0 Å². The van der Waals surface area contributed by atoms with Gasteiger partial charge in [0.2, 0.25) is 0 Å². The van der Waals surface area contributed by atoms with Crippen molar-refractivity contribution >= 4 is 21.8 Å². The lowest BCUT2D eigenvalue weighted by molar-refractivity contribution is 0.0535. The Morgan fingerprint density at radius 3 is 3.00 bits per heavy atom. The predicted octanol–water partition coefficient (Wildman–Crippen LogP) is 3.23. The number of nitrogens with zero attached hydrogens (tertiary/aromatic N) is 1. The van der Waals surface area contributed by atoms with Crippen LogP contribution in [0.25, 0.3) is 0 Å². The van der Waals surface area contributed by atoms with E-state index in [1.54, 1.807) is 11.0 Å². The van der Waals surface area contributed by atoms with Crippen LogP contribution in [0.15, 0.2) is 22.7 Å². The molecule has 3 nitrogen and oxygen atoms in total. The highest BCUT2D eigenvalue weighted by Crippen LogP contribution is 2.19. The van der Waals surface area contributed by atoms with Crippen molar-refractivity contribution in [1.82, 2.24) is 4.90 Å². The van der Waals surface area contributed by atoms with Gasteiger partial charge in [-0.25, -0.2) is 4.39 Å². The number of hydrogen-bond acceptors (Lipinski definition) is 2. The Kier molecular flexibility index (Phi) is 4.93. The average Bonchev–Trinajstić information content (AvgIpc) is 2.91. The molecule has 1 aromatic rings. The van der Waals surface area contributed by atoms with Gasteiger partial charge >= 0.3 is 0 Å². The van der Waals surface area contributed by atoms with Crippen LogP contribution in [0.2, 0.25) is 0 Å². The Bertz CT molecular complexity index is 461. The summed E-state index contributed by atoms with van der Waals surface area (Å²) < 4.78 is 20.0. The topological polar surface area (TPSA) is 29.5 Å². The molecule has 1 saturated heterocycles. The first-order valence-corrected chi connectivity index (χ1v) is 7.27. The van der Waals surface area contributed by atoms with Gasteiger partial charge in [0.05, 0.1) is 11.7 Å². The second kappa shape index (κ2) is 6.48. The van der Waals surface area contributed by atoms with Gasteiger partial charge in [-0.1, -0.05) is 15.9 Å². The average molecular weight is 330 g/mol. The van der Waals surface area contributed by atoms with E-state index in [9.17, 15) is 9.18 Å². The highest BCUT2D eigenvalue weighted by Gasteiger charge is 2.24. The Hall–Kier alpha value is -0.940. The van der Waals surface area contributed by atoms with Crippen molar-refractivity contribution in [3.05, 3.63) is 34.1 Å². The third-order valence-electron chi connectivity index (χ3n) is 3.28. The van der Waals surface area contributed by atoms with Gasteiger partial charge in [0.15, 0.2) is 0 Å². The highest BCUT2D eigenvalue weighted by molar-refractivity contribution is 9.10. The molecule has 0 radical (unpaired) electrons. The van der Waals surface area contributed by atoms with Crippen molar-refractivity contribution < 1.29 is 13.9 Å². The maximum Gasteiger partial charge on any atom is 0.256 e. The second-order valence-corrected chi connectivity index (χ2v) is 5.52. The number of benzene rings is 1. The number of amides is 1. The van der Waals surface area contributed by atoms with Crippen LogP contribution in [-0.2, 0) is 4.74 Å². The van der Waals surface area contributed by atoms with Crippen LogP contribution >= 0.6 is 15.9 Å². The number of ether oxygens (including phenoxy) is 1. The molecule has 0 aliphatic carbocycles. The van der Waals surface area contributed by atoms with Crippen molar-refractivity contribution in [2.75, 3.05) is 19.7 Å². The minimum Gasteiger partial charge on any atom is -0.376 e. The first kappa shape index (κ1) is 14.5. The lowest BCUT2D eigenvalue weighted by Gasteiger charge is -2.24. The quantitative estimate of drug-likeness (QED) is 0.848. The zero-order valence-corrected chi connectivity index (χ0v) is 12.5. The molecule has 1 heterocycles. The van der Waals surface area contributed by atoms with Gasteiger partial charge in [-0.3, -0.25) is 4.79 Å². The molecule has 1 aliphatic heterocycles. The van der Waals surface area contributed by atoms with Gasteiger partial charge in [0.25, 0.3) is 5.91 Å². The number of carbonyl (C=O) groups is 1. The van der Waals surface area contributed by atoms with Gasteiger partial charge in [-0.15, -0.1) is 0 Å². The second-order valence-electron chi connectivity index (χ2n) is 4.60. The zero-order valence-electron chi connectivity index (χ0n) is 10.9. The molecule has 0 aromatic heterocycles. The molecule has 0 N–H and O–H groups in total. The molecule has 1 fully saturated rings. The van der Waals surface area contributed by atoms with Crippen LogP contribution in [-0.4, -0.2) is 36.6 Å². The van der Waals surface area contributed by atoms with Crippen LogP contribution in [0.1, 0.15) is 30.1 Å². The van der Waals surface area contributed by atoms with Gasteiger partial charge < -0.3 is 9.64 Å². The molecule has 1 amide bonds. The smallest absolute Gasteiger partial charge is 0.256 e. The lowest BCUT2D eigenvalue weighted by atomic mass is 10.1. The standard InChI is InChI=1S/C14H17BrFNO2/c1-2-17(9-11-4-3-7-19-11)14(18)12-8-10(15)5-6-13(12)16/h5-6,8,11H,2-4,7,9H2,1H3. The fourth-order valence-corrected chi connectivity index (χ4v) is 2.58. The summed E-state index contributed by atoms with van der Waals surface area (Å²) in [5.41, 5.74) is 0.106. The molecule has 0 saturated carbocycles. The summed E-state index contributed by atoms with van der Waals surface area (Å²) >= 11 is 3.26. The Morgan fingerprint density at radius 1 is 1.58 bits per heavy atom. The summed E-state index contributed by atoms with van der Waals surface area (Å²) in [6.07, 6.45) is 2.07. The minimum absolute atomic E-state index is 0.0825. The van der Waals surface area contributed by atoms with E-state index in [4.69, 9.17) is 4.74 Å². The zero-order chi connectivity index (χ0) is 13.8. The highest BCUT2D eigenvalue weighted by atomic mass is 79.9. The molecule has 19 heavy (non-hydrogen) atoms. The summed E-state index contributed by atoms with van der Waals surface area (Å²) in [4.78, 5) is 14.0. The molecule has 2 rings (SSSR count). The first-order valence-electron chi connectivity index (χ1n) is 6.47.